The van der Waals surface area contributed by atoms with Crippen LogP contribution < -0.4 is 0 Å². The molecule has 0 saturated heterocycles. The molecule has 2 aromatic rings. The number of ether oxygens (including phenoxy) is 1. The Hall–Kier alpha value is -1.62. The lowest BCUT2D eigenvalue weighted by molar-refractivity contribution is -0.139. The highest BCUT2D eigenvalue weighted by Crippen LogP contribution is 2.22. The van der Waals surface area contributed by atoms with Gasteiger partial charge in [-0.3, -0.25) is 4.79 Å². The van der Waals surface area contributed by atoms with Crippen LogP contribution in [0.5, 0.6) is 0 Å². The molecule has 2 heterocycles. The number of thiophene rings is 1. The first kappa shape index (κ1) is 9.92. The third-order valence-corrected chi connectivity index (χ3v) is 2.86. The van der Waals surface area contributed by atoms with Crippen molar-refractivity contribution in [2.24, 2.45) is 0 Å². The standard InChI is InChI=1S/C10H10N2O2S/c1-14-10(13)5-9-11-6-7(12-9)8-3-2-4-15-8/h2-4,6H,5H2,1H3,(H,11,12). The van der Waals surface area contributed by atoms with Crippen LogP contribution in [-0.4, -0.2) is 23.0 Å². The number of hydrogen-bond donors (Lipinski definition) is 1. The molecule has 0 radical (unpaired) electrons. The minimum absolute atomic E-state index is 0.182. The maximum atomic E-state index is 11.0. The van der Waals surface area contributed by atoms with Gasteiger partial charge in [0, 0.05) is 0 Å². The summed E-state index contributed by atoms with van der Waals surface area (Å²) in [6.45, 7) is 0. The van der Waals surface area contributed by atoms with Crippen molar-refractivity contribution in [3.05, 3.63) is 29.5 Å². The Morgan fingerprint density at radius 3 is 3.20 bits per heavy atom. The predicted octanol–water partition coefficient (Wildman–Crippen LogP) is 1.85. The third kappa shape index (κ3) is 2.24. The molecule has 5 heteroatoms. The molecule has 2 rings (SSSR count). The van der Waals surface area contributed by atoms with E-state index in [0.717, 1.165) is 10.6 Å². The van der Waals surface area contributed by atoms with Crippen LogP contribution in [0.4, 0.5) is 0 Å². The SMILES string of the molecule is COC(=O)Cc1ncc(-c2cccs2)[nH]1. The molecule has 1 N–H and O–H groups in total. The molecular formula is C10H10N2O2S. The summed E-state index contributed by atoms with van der Waals surface area (Å²) in [5.41, 5.74) is 0.934. The van der Waals surface area contributed by atoms with Gasteiger partial charge >= 0.3 is 5.97 Å². The Morgan fingerprint density at radius 1 is 1.67 bits per heavy atom. The van der Waals surface area contributed by atoms with E-state index >= 15 is 0 Å². The maximum absolute atomic E-state index is 11.0. The quantitative estimate of drug-likeness (QED) is 0.806. The molecule has 2 aromatic heterocycles. The van der Waals surface area contributed by atoms with Crippen molar-refractivity contribution >= 4 is 17.3 Å². The first-order valence-corrected chi connectivity index (χ1v) is 5.32. The fourth-order valence-corrected chi connectivity index (χ4v) is 1.91. The lowest BCUT2D eigenvalue weighted by atomic mass is 10.4. The summed E-state index contributed by atoms with van der Waals surface area (Å²) in [7, 11) is 1.37. The molecule has 0 bridgehead atoms. The van der Waals surface area contributed by atoms with E-state index < -0.39 is 0 Å². The van der Waals surface area contributed by atoms with Crippen molar-refractivity contribution in [1.29, 1.82) is 0 Å². The second-order valence-electron chi connectivity index (χ2n) is 2.97. The summed E-state index contributed by atoms with van der Waals surface area (Å²) < 4.78 is 4.56. The first-order chi connectivity index (χ1) is 7.29. The van der Waals surface area contributed by atoms with Crippen LogP contribution in [0.3, 0.4) is 0 Å². The van der Waals surface area contributed by atoms with E-state index in [1.807, 2.05) is 17.5 Å². The Bertz CT molecular complexity index is 448. The molecule has 78 valence electrons. The normalized spacial score (nSPS) is 10.2. The minimum Gasteiger partial charge on any atom is -0.469 e. The van der Waals surface area contributed by atoms with Crippen LogP contribution in [0, 0.1) is 0 Å². The molecule has 4 nitrogen and oxygen atoms in total. The molecule has 0 spiro atoms. The smallest absolute Gasteiger partial charge is 0.313 e. The second-order valence-corrected chi connectivity index (χ2v) is 3.92. The van der Waals surface area contributed by atoms with E-state index in [2.05, 4.69) is 14.7 Å². The van der Waals surface area contributed by atoms with Crippen molar-refractivity contribution in [2.45, 2.75) is 6.42 Å². The second kappa shape index (κ2) is 4.27. The minimum atomic E-state index is -0.290. The van der Waals surface area contributed by atoms with Crippen molar-refractivity contribution in [3.63, 3.8) is 0 Å². The van der Waals surface area contributed by atoms with Gasteiger partial charge in [0.15, 0.2) is 0 Å². The summed E-state index contributed by atoms with van der Waals surface area (Å²) in [6.07, 6.45) is 1.91. The molecule has 0 aliphatic carbocycles. The molecular weight excluding hydrogens is 212 g/mol. The number of imidazole rings is 1. The fraction of sp³-hybridized carbons (Fsp3) is 0.200. The number of nitrogens with one attached hydrogen (secondary N) is 1. The van der Waals surface area contributed by atoms with E-state index in [1.54, 1.807) is 17.5 Å². The van der Waals surface area contributed by atoms with Gasteiger partial charge in [-0.1, -0.05) is 6.07 Å². The van der Waals surface area contributed by atoms with Crippen LogP contribution in [0.15, 0.2) is 23.7 Å². The van der Waals surface area contributed by atoms with Gasteiger partial charge in [-0.15, -0.1) is 11.3 Å². The van der Waals surface area contributed by atoms with Crippen molar-refractivity contribution < 1.29 is 9.53 Å². The van der Waals surface area contributed by atoms with E-state index in [1.165, 1.54) is 7.11 Å². The number of aromatic amines is 1. The van der Waals surface area contributed by atoms with Crippen LogP contribution in [0.1, 0.15) is 5.82 Å². The Kier molecular flexibility index (Phi) is 2.82. The highest BCUT2D eigenvalue weighted by atomic mass is 32.1. The molecule has 0 aliphatic heterocycles. The van der Waals surface area contributed by atoms with Gasteiger partial charge in [0.1, 0.15) is 12.2 Å². The molecule has 0 aliphatic rings. The highest BCUT2D eigenvalue weighted by molar-refractivity contribution is 7.13. The Morgan fingerprint density at radius 2 is 2.53 bits per heavy atom. The lowest BCUT2D eigenvalue weighted by Crippen LogP contribution is -2.05. The summed E-state index contributed by atoms with van der Waals surface area (Å²) in [5, 5.41) is 2.00. The van der Waals surface area contributed by atoms with Crippen LogP contribution in [0.25, 0.3) is 10.6 Å². The van der Waals surface area contributed by atoms with Gasteiger partial charge in [0.25, 0.3) is 0 Å². The summed E-state index contributed by atoms with van der Waals surface area (Å²) in [5.74, 6) is 0.340. The number of nitrogens with zero attached hydrogens (tertiary/aromatic N) is 1. The number of H-pyrrole nitrogens is 1. The molecule has 15 heavy (non-hydrogen) atoms. The van der Waals surface area contributed by atoms with Crippen LogP contribution >= 0.6 is 11.3 Å². The number of carbonyl (C=O) groups is 1. The van der Waals surface area contributed by atoms with Gasteiger partial charge in [0.05, 0.1) is 23.9 Å². The van der Waals surface area contributed by atoms with Gasteiger partial charge in [-0.2, -0.15) is 0 Å². The Balaban J connectivity index is 2.14. The highest BCUT2D eigenvalue weighted by Gasteiger charge is 2.08. The summed E-state index contributed by atoms with van der Waals surface area (Å²) in [4.78, 5) is 19.3. The fourth-order valence-electron chi connectivity index (χ4n) is 1.22. The molecule has 0 aromatic carbocycles. The van der Waals surface area contributed by atoms with Gasteiger partial charge in [0.2, 0.25) is 0 Å². The third-order valence-electron chi connectivity index (χ3n) is 1.95. The summed E-state index contributed by atoms with van der Waals surface area (Å²) in [6, 6.07) is 3.97. The average Bonchev–Trinajstić information content (AvgIpc) is 2.85. The van der Waals surface area contributed by atoms with Crippen LogP contribution in [-0.2, 0) is 16.0 Å². The predicted molar refractivity (Wildman–Crippen MR) is 57.6 cm³/mol. The topological polar surface area (TPSA) is 55.0 Å². The maximum Gasteiger partial charge on any atom is 0.313 e. The number of rotatable bonds is 3. The van der Waals surface area contributed by atoms with Gasteiger partial charge < -0.3 is 9.72 Å². The van der Waals surface area contributed by atoms with Crippen molar-refractivity contribution in [2.75, 3.05) is 7.11 Å². The molecule has 0 amide bonds. The zero-order valence-corrected chi connectivity index (χ0v) is 9.00. The van der Waals surface area contributed by atoms with Crippen molar-refractivity contribution in [1.82, 2.24) is 9.97 Å². The van der Waals surface area contributed by atoms with E-state index in [9.17, 15) is 4.79 Å². The van der Waals surface area contributed by atoms with E-state index in [4.69, 9.17) is 0 Å². The van der Waals surface area contributed by atoms with Gasteiger partial charge in [-0.25, -0.2) is 4.98 Å². The molecule has 0 fully saturated rings. The van der Waals surface area contributed by atoms with E-state index in [-0.39, 0.29) is 12.4 Å². The average molecular weight is 222 g/mol. The van der Waals surface area contributed by atoms with Gasteiger partial charge in [-0.05, 0) is 11.4 Å². The monoisotopic (exact) mass is 222 g/mol. The molecule has 0 saturated carbocycles. The number of hydrogen-bond acceptors (Lipinski definition) is 4. The number of esters is 1. The van der Waals surface area contributed by atoms with Crippen molar-refractivity contribution in [3.8, 4) is 10.6 Å². The number of carbonyl (C=O) groups excluding carboxylic acids is 1. The zero-order chi connectivity index (χ0) is 10.7. The zero-order valence-electron chi connectivity index (χ0n) is 8.19. The number of methoxy groups -OCH3 is 1. The first-order valence-electron chi connectivity index (χ1n) is 4.44. The molecule has 0 unspecified atom stereocenters. The van der Waals surface area contributed by atoms with Crippen LogP contribution in [0.2, 0.25) is 0 Å². The van der Waals surface area contributed by atoms with E-state index in [0.29, 0.717) is 5.82 Å². The molecule has 0 atom stereocenters. The number of aromatic nitrogens is 2. The lowest BCUT2D eigenvalue weighted by Gasteiger charge is -1.94. The Labute approximate surface area is 90.9 Å². The largest absolute Gasteiger partial charge is 0.469 e. The summed E-state index contributed by atoms with van der Waals surface area (Å²) >= 11 is 1.63.